The van der Waals surface area contributed by atoms with Crippen LogP contribution in [0, 0.1) is 23.7 Å². The van der Waals surface area contributed by atoms with E-state index in [1.165, 1.54) is 44.0 Å². The first-order chi connectivity index (χ1) is 34.2. The molecule has 0 amide bonds. The smallest absolute Gasteiger partial charge is 1.00 e. The van der Waals surface area contributed by atoms with Crippen LogP contribution in [0.5, 0.6) is 0 Å². The van der Waals surface area contributed by atoms with Gasteiger partial charge in [-0.15, -0.1) is 24.0 Å². The van der Waals surface area contributed by atoms with E-state index in [9.17, 15) is 0 Å². The van der Waals surface area contributed by atoms with Crippen molar-refractivity contribution >= 4 is 65.1 Å². The van der Waals surface area contributed by atoms with Crippen LogP contribution in [0.3, 0.4) is 0 Å². The summed E-state index contributed by atoms with van der Waals surface area (Å²) >= 11 is 0. The van der Waals surface area contributed by atoms with Crippen molar-refractivity contribution in [3.05, 3.63) is 258 Å². The van der Waals surface area contributed by atoms with Crippen LogP contribution in [-0.2, 0) is 19.3 Å². The van der Waals surface area contributed by atoms with E-state index >= 15 is 0 Å². The molecule has 78 heavy (non-hydrogen) atoms. The number of hydrogen-bond donors (Lipinski definition) is 0. The third kappa shape index (κ3) is 37.3. The molecule has 10 rings (SSSR count). The maximum atomic E-state index is 5.52. The summed E-state index contributed by atoms with van der Waals surface area (Å²) in [5.74, 6) is 3.33. The molecule has 7 heteroatoms. The van der Waals surface area contributed by atoms with Gasteiger partial charge in [0.2, 0.25) is 0 Å². The minimum atomic E-state index is 0. The third-order valence-electron chi connectivity index (χ3n) is 9.22. The first-order valence-corrected chi connectivity index (χ1v) is 25.6. The summed E-state index contributed by atoms with van der Waals surface area (Å²) in [6.45, 7) is 26.0. The van der Waals surface area contributed by atoms with Crippen LogP contribution in [0.25, 0.3) is 32.7 Å². The number of hydrogen-bond acceptors (Lipinski definition) is 3. The van der Waals surface area contributed by atoms with Crippen molar-refractivity contribution < 1.29 is 69.3 Å². The van der Waals surface area contributed by atoms with E-state index < -0.39 is 0 Å². The second-order valence-electron chi connectivity index (χ2n) is 20.1. The fraction of sp³-hybridized carbons (Fsp3) is 0.310. The van der Waals surface area contributed by atoms with Gasteiger partial charge < -0.3 is 10.4 Å². The van der Waals surface area contributed by atoms with Gasteiger partial charge in [-0.05, 0) is 81.3 Å². The predicted octanol–water partition coefficient (Wildman–Crippen LogP) is 20.1. The standard InChI is InChI=1S/C15H12O.C14H11NO.C13H12.C10H8.4C4H10.3CH4.B.FH.HI.K.2H2.H/c1-2-6-12(7-3-1)10-13-11-16-15-9-5-4-8-14(13)15;1-2-6-11(7-3-1)10-13-12-8-4-5-9-14(12)16-15-13;1-3-7-12(8-4-1)11-13-9-5-2-6-10-13;1-2-6-10-8-4-3-7-9(10)5-1;4*1-4(2)3;;;;;;;;;;/h1-9,11H,10H2;1-9H,10H2;1-10H,11H2;1-8H;4*4H,1-3H3;3*1H4;;2*1H;;2*1H;/q;;;;;;;;;;;;;;+1;;;-1/i;;;;;;;;;;;;;;;1+1;;. The van der Waals surface area contributed by atoms with E-state index in [-0.39, 0.29) is 115 Å². The molecule has 2 heterocycles. The summed E-state index contributed by atoms with van der Waals surface area (Å²) < 4.78 is 10.8. The van der Waals surface area contributed by atoms with E-state index in [0.29, 0.717) is 0 Å². The third-order valence-corrected chi connectivity index (χ3v) is 9.22. The molecule has 0 saturated carbocycles. The van der Waals surface area contributed by atoms with Gasteiger partial charge in [-0.25, -0.2) is 0 Å². The quantitative estimate of drug-likeness (QED) is 0.123. The Morgan fingerprint density at radius 3 is 1.01 bits per heavy atom. The van der Waals surface area contributed by atoms with Crippen molar-refractivity contribution in [1.82, 2.24) is 5.16 Å². The van der Waals surface area contributed by atoms with Crippen LogP contribution in [0.15, 0.2) is 234 Å². The zero-order valence-electron chi connectivity index (χ0n) is 48.5. The van der Waals surface area contributed by atoms with Crippen LogP contribution >= 0.6 is 24.0 Å². The van der Waals surface area contributed by atoms with Crippen LogP contribution in [0.1, 0.15) is 143 Å². The fourth-order valence-electron chi connectivity index (χ4n) is 6.40. The molecule has 0 spiro atoms. The van der Waals surface area contributed by atoms with E-state index in [2.05, 4.69) is 240 Å². The number of aromatic nitrogens is 1. The van der Waals surface area contributed by atoms with Gasteiger partial charge in [-0.3, -0.25) is 4.70 Å². The molecule has 0 fully saturated rings. The number of fused-ring (bicyclic) bond motifs is 3. The van der Waals surface area contributed by atoms with Crippen LogP contribution in [-0.4, -0.2) is 13.6 Å². The SMILES string of the molecule is C.C.C.CC(C)C.CC(C)C.CC(C)C.CC(C)C.F.I.[2HH].[B].[H-].[HH].[K+].c1ccc(Cc2ccccc2)cc1.c1ccc(Cc2coc3ccccc23)cc1.c1ccc(Cc2noc3ccccc23)cc1.c1ccc2ccccc2c1. The van der Waals surface area contributed by atoms with Gasteiger partial charge in [0.15, 0.2) is 5.58 Å². The Morgan fingerprint density at radius 1 is 0.385 bits per heavy atom. The van der Waals surface area contributed by atoms with Gasteiger partial charge in [0.05, 0.1) is 12.0 Å². The molecular formula is C71H102BFIKNO2. The van der Waals surface area contributed by atoms with Gasteiger partial charge >= 0.3 is 51.4 Å². The Morgan fingerprint density at radius 2 is 0.654 bits per heavy atom. The Hall–Kier alpha value is -4.61. The molecule has 2 aromatic heterocycles. The summed E-state index contributed by atoms with van der Waals surface area (Å²) in [5, 5.41) is 9.05. The van der Waals surface area contributed by atoms with Crippen molar-refractivity contribution in [1.29, 1.82) is 0 Å². The molecule has 0 aliphatic rings. The first kappa shape index (κ1) is 82.2. The summed E-state index contributed by atoms with van der Waals surface area (Å²) in [7, 11) is 0. The number of furan rings is 1. The zero-order chi connectivity index (χ0) is 51.6. The van der Waals surface area contributed by atoms with Crippen molar-refractivity contribution in [2.45, 2.75) is 125 Å². The monoisotopic (exact) mass is 1200 g/mol. The second kappa shape index (κ2) is 49.4. The number of nitrogens with zero attached hydrogens (tertiary/aromatic N) is 1. The maximum Gasteiger partial charge on any atom is 1.00 e. The van der Waals surface area contributed by atoms with Crippen molar-refractivity contribution in [2.24, 2.45) is 23.7 Å². The zero-order valence-corrected chi connectivity index (χ0v) is 52.9. The molecule has 421 valence electrons. The predicted molar refractivity (Wildman–Crippen MR) is 360 cm³/mol. The minimum Gasteiger partial charge on any atom is -1.00 e. The number of para-hydroxylation sites is 2. The van der Waals surface area contributed by atoms with E-state index in [1.54, 1.807) is 0 Å². The Labute approximate surface area is 540 Å². The second-order valence-corrected chi connectivity index (χ2v) is 20.1. The number of rotatable bonds is 6. The Kier molecular flexibility index (Phi) is 52.1. The molecule has 3 radical (unpaired) electrons. The molecule has 0 atom stereocenters. The topological polar surface area (TPSA) is 39.2 Å². The molecule has 8 aromatic carbocycles. The van der Waals surface area contributed by atoms with Gasteiger partial charge in [-0.2, -0.15) is 0 Å². The van der Waals surface area contributed by atoms with E-state index in [0.717, 1.165) is 65.2 Å². The normalized spacial score (nSPS) is 9.18. The van der Waals surface area contributed by atoms with Crippen LogP contribution in [0.2, 0.25) is 0 Å². The maximum absolute atomic E-state index is 5.52. The molecule has 0 bridgehead atoms. The van der Waals surface area contributed by atoms with Crippen molar-refractivity contribution in [3.63, 3.8) is 0 Å². The van der Waals surface area contributed by atoms with Crippen molar-refractivity contribution in [2.75, 3.05) is 0 Å². The van der Waals surface area contributed by atoms with Gasteiger partial charge in [0.25, 0.3) is 0 Å². The summed E-state index contributed by atoms with van der Waals surface area (Å²) in [6, 6.07) is 74.6. The van der Waals surface area contributed by atoms with E-state index in [1.807, 2.05) is 73.0 Å². The fourth-order valence-corrected chi connectivity index (χ4v) is 6.40. The Bertz CT molecular complexity index is 2620. The summed E-state index contributed by atoms with van der Waals surface area (Å²) in [4.78, 5) is 0. The molecule has 0 saturated heterocycles. The van der Waals surface area contributed by atoms with Gasteiger partial charge in [0, 0.05) is 40.4 Å². The molecule has 0 aliphatic heterocycles. The van der Waals surface area contributed by atoms with Crippen LogP contribution < -0.4 is 51.4 Å². The minimum absolute atomic E-state index is 0. The molecule has 0 aliphatic carbocycles. The Balaban J connectivity index is -0.000000130. The van der Waals surface area contributed by atoms with Crippen molar-refractivity contribution in [3.8, 4) is 0 Å². The molecule has 0 N–H and O–H groups in total. The summed E-state index contributed by atoms with van der Waals surface area (Å²) in [6.07, 6.45) is 4.63. The van der Waals surface area contributed by atoms with Crippen LogP contribution in [0.4, 0.5) is 4.70 Å². The molecule has 0 unspecified atom stereocenters. The van der Waals surface area contributed by atoms with Gasteiger partial charge in [0.1, 0.15) is 5.58 Å². The largest absolute Gasteiger partial charge is 1.00 e. The molecule has 3 nitrogen and oxygen atoms in total. The molecule has 10 aromatic rings. The number of benzene rings is 8. The van der Waals surface area contributed by atoms with Gasteiger partial charge in [-0.1, -0.05) is 311 Å². The first-order valence-electron chi connectivity index (χ1n) is 25.6. The molecular weight excluding hydrogens is 1090 g/mol. The average molecular weight is 1200 g/mol. The average Bonchev–Trinajstić information content (AvgIpc) is 3.96. The summed E-state index contributed by atoms with van der Waals surface area (Å²) in [5.41, 5.74) is 9.38. The van der Waals surface area contributed by atoms with E-state index in [4.69, 9.17) is 8.94 Å². The number of halogens is 2.